The van der Waals surface area contributed by atoms with Crippen LogP contribution in [0.4, 0.5) is 0 Å². The maximum Gasteiger partial charge on any atom is 0.237 e. The molecule has 1 amide bonds. The van der Waals surface area contributed by atoms with Gasteiger partial charge in [-0.15, -0.1) is 0 Å². The smallest absolute Gasteiger partial charge is 0.237 e. The zero-order valence-corrected chi connectivity index (χ0v) is 12.2. The van der Waals surface area contributed by atoms with Crippen molar-refractivity contribution < 1.29 is 9.59 Å². The maximum atomic E-state index is 12.0. The minimum atomic E-state index is -0.375. The molecule has 5 heteroatoms. The molecule has 106 valence electrons. The molecule has 0 fully saturated rings. The predicted molar refractivity (Wildman–Crippen MR) is 73.5 cm³/mol. The van der Waals surface area contributed by atoms with Crippen LogP contribution in [0.3, 0.4) is 0 Å². The molecule has 2 unspecified atom stereocenters. The summed E-state index contributed by atoms with van der Waals surface area (Å²) in [4.78, 5) is 23.5. The van der Waals surface area contributed by atoms with Gasteiger partial charge in [0, 0.05) is 0 Å². The van der Waals surface area contributed by atoms with Crippen molar-refractivity contribution >= 4 is 11.7 Å². The molecule has 0 heterocycles. The molecule has 0 saturated carbocycles. The quantitative estimate of drug-likeness (QED) is 0.520. The van der Waals surface area contributed by atoms with Crippen molar-refractivity contribution in [2.75, 3.05) is 20.6 Å². The lowest BCUT2D eigenvalue weighted by atomic mass is 10.0. The van der Waals surface area contributed by atoms with E-state index in [-0.39, 0.29) is 29.7 Å². The van der Waals surface area contributed by atoms with Crippen LogP contribution in [0.2, 0.25) is 0 Å². The van der Waals surface area contributed by atoms with E-state index in [2.05, 4.69) is 16.0 Å². The molecule has 0 bridgehead atoms. The molecule has 0 rings (SSSR count). The van der Waals surface area contributed by atoms with Crippen molar-refractivity contribution in [3.63, 3.8) is 0 Å². The number of amides is 1. The summed E-state index contributed by atoms with van der Waals surface area (Å²) in [5, 5.41) is 8.84. The average Bonchev–Trinajstić information content (AvgIpc) is 2.28. The number of carbonyl (C=O) groups is 2. The predicted octanol–water partition coefficient (Wildman–Crippen LogP) is 0.304. The summed E-state index contributed by atoms with van der Waals surface area (Å²) in [6.07, 6.45) is 1.55. The van der Waals surface area contributed by atoms with Crippen LogP contribution < -0.4 is 16.0 Å². The van der Waals surface area contributed by atoms with E-state index in [0.29, 0.717) is 6.42 Å². The molecular formula is C13H27N3O2. The van der Waals surface area contributed by atoms with E-state index in [9.17, 15) is 9.59 Å². The number of likely N-dealkylation sites (N-methyl/N-ethyl adjacent to an activating group) is 1. The second-order valence-corrected chi connectivity index (χ2v) is 4.93. The van der Waals surface area contributed by atoms with Gasteiger partial charge in [0.2, 0.25) is 5.91 Å². The van der Waals surface area contributed by atoms with Gasteiger partial charge in [0.25, 0.3) is 0 Å². The maximum absolute atomic E-state index is 12.0. The summed E-state index contributed by atoms with van der Waals surface area (Å²) in [6.45, 7) is 6.32. The van der Waals surface area contributed by atoms with Crippen LogP contribution in [0, 0.1) is 5.92 Å². The van der Waals surface area contributed by atoms with Crippen molar-refractivity contribution in [2.45, 2.75) is 45.7 Å². The Morgan fingerprint density at radius 1 is 1.17 bits per heavy atom. The molecule has 0 saturated heterocycles. The summed E-state index contributed by atoms with van der Waals surface area (Å²) in [5.74, 6) is 0.107. The highest BCUT2D eigenvalue weighted by molar-refractivity contribution is 5.89. The molecule has 0 spiro atoms. The Balaban J connectivity index is 4.39. The molecule has 0 aromatic carbocycles. The standard InChI is InChI=1S/C13H27N3O2/c1-9(2)12(15-5)13(18)16-11(10(3)17)7-6-8-14-4/h9,11-12,14-15H,6-8H2,1-5H3,(H,16,18). The number of rotatable bonds is 9. The number of carbonyl (C=O) groups excluding carboxylic acids is 2. The Kier molecular flexibility index (Phi) is 8.58. The fourth-order valence-corrected chi connectivity index (χ4v) is 1.89. The van der Waals surface area contributed by atoms with E-state index in [1.807, 2.05) is 20.9 Å². The zero-order chi connectivity index (χ0) is 14.1. The van der Waals surface area contributed by atoms with Gasteiger partial charge in [0.05, 0.1) is 12.1 Å². The van der Waals surface area contributed by atoms with Gasteiger partial charge in [-0.05, 0) is 46.3 Å². The van der Waals surface area contributed by atoms with Crippen LogP contribution in [0.1, 0.15) is 33.6 Å². The van der Waals surface area contributed by atoms with Crippen molar-refractivity contribution in [3.8, 4) is 0 Å². The molecule has 5 nitrogen and oxygen atoms in total. The minimum Gasteiger partial charge on any atom is -0.345 e. The first-order valence-corrected chi connectivity index (χ1v) is 6.56. The normalized spacial score (nSPS) is 14.3. The molecule has 2 atom stereocenters. The van der Waals surface area contributed by atoms with E-state index < -0.39 is 0 Å². The average molecular weight is 257 g/mol. The third kappa shape index (κ3) is 6.12. The third-order valence-corrected chi connectivity index (χ3v) is 2.99. The molecular weight excluding hydrogens is 230 g/mol. The summed E-state index contributed by atoms with van der Waals surface area (Å²) in [6, 6.07) is -0.628. The van der Waals surface area contributed by atoms with Gasteiger partial charge in [-0.3, -0.25) is 9.59 Å². The van der Waals surface area contributed by atoms with Gasteiger partial charge in [0.15, 0.2) is 5.78 Å². The molecule has 0 aromatic rings. The molecule has 0 radical (unpaired) electrons. The van der Waals surface area contributed by atoms with Crippen molar-refractivity contribution in [3.05, 3.63) is 0 Å². The van der Waals surface area contributed by atoms with Crippen molar-refractivity contribution in [2.24, 2.45) is 5.92 Å². The summed E-state index contributed by atoms with van der Waals surface area (Å²) < 4.78 is 0. The molecule has 0 aliphatic rings. The Bertz CT molecular complexity index is 267. The zero-order valence-electron chi connectivity index (χ0n) is 12.2. The number of hydrogen-bond donors (Lipinski definition) is 3. The number of nitrogens with one attached hydrogen (secondary N) is 3. The van der Waals surface area contributed by atoms with Crippen LogP contribution in [0.15, 0.2) is 0 Å². The Labute approximate surface area is 110 Å². The first-order chi connectivity index (χ1) is 8.43. The van der Waals surface area contributed by atoms with Gasteiger partial charge in [-0.2, -0.15) is 0 Å². The topological polar surface area (TPSA) is 70.2 Å². The first kappa shape index (κ1) is 17.1. The number of Topliss-reactive ketones (excluding diaryl/α,β-unsaturated/α-hetero) is 1. The van der Waals surface area contributed by atoms with Crippen molar-refractivity contribution in [1.82, 2.24) is 16.0 Å². The highest BCUT2D eigenvalue weighted by Gasteiger charge is 2.24. The van der Waals surface area contributed by atoms with Gasteiger partial charge in [0.1, 0.15) is 0 Å². The summed E-state index contributed by atoms with van der Waals surface area (Å²) in [7, 11) is 3.63. The van der Waals surface area contributed by atoms with E-state index >= 15 is 0 Å². The van der Waals surface area contributed by atoms with Crippen LogP contribution in [-0.4, -0.2) is 44.4 Å². The Morgan fingerprint density at radius 3 is 2.17 bits per heavy atom. The van der Waals surface area contributed by atoms with Crippen LogP contribution in [0.25, 0.3) is 0 Å². The van der Waals surface area contributed by atoms with E-state index in [4.69, 9.17) is 0 Å². The lowest BCUT2D eigenvalue weighted by Gasteiger charge is -2.23. The Hall–Kier alpha value is -0.940. The minimum absolute atomic E-state index is 0.0121. The SMILES string of the molecule is CNCCCC(NC(=O)C(NC)C(C)C)C(C)=O. The van der Waals surface area contributed by atoms with E-state index in [1.54, 1.807) is 7.05 Å². The monoisotopic (exact) mass is 257 g/mol. The lowest BCUT2D eigenvalue weighted by Crippen LogP contribution is -2.51. The van der Waals surface area contributed by atoms with Crippen LogP contribution >= 0.6 is 0 Å². The molecule has 0 aliphatic carbocycles. The molecule has 0 aliphatic heterocycles. The molecule has 3 N–H and O–H groups in total. The fourth-order valence-electron chi connectivity index (χ4n) is 1.89. The van der Waals surface area contributed by atoms with E-state index in [1.165, 1.54) is 6.92 Å². The number of hydrogen-bond acceptors (Lipinski definition) is 4. The highest BCUT2D eigenvalue weighted by Crippen LogP contribution is 2.04. The second-order valence-electron chi connectivity index (χ2n) is 4.93. The molecule has 18 heavy (non-hydrogen) atoms. The van der Waals surface area contributed by atoms with Gasteiger partial charge in [-0.25, -0.2) is 0 Å². The lowest BCUT2D eigenvalue weighted by molar-refractivity contribution is -0.129. The van der Waals surface area contributed by atoms with E-state index in [0.717, 1.165) is 13.0 Å². The highest BCUT2D eigenvalue weighted by atomic mass is 16.2. The number of ketones is 1. The van der Waals surface area contributed by atoms with Crippen molar-refractivity contribution in [1.29, 1.82) is 0 Å². The first-order valence-electron chi connectivity index (χ1n) is 6.56. The second kappa shape index (κ2) is 9.05. The van der Waals surface area contributed by atoms with Gasteiger partial charge >= 0.3 is 0 Å². The van der Waals surface area contributed by atoms with Crippen LogP contribution in [-0.2, 0) is 9.59 Å². The Morgan fingerprint density at radius 2 is 1.78 bits per heavy atom. The van der Waals surface area contributed by atoms with Crippen LogP contribution in [0.5, 0.6) is 0 Å². The fraction of sp³-hybridized carbons (Fsp3) is 0.846. The third-order valence-electron chi connectivity index (χ3n) is 2.99. The largest absolute Gasteiger partial charge is 0.345 e. The summed E-state index contributed by atoms with van der Waals surface area (Å²) >= 11 is 0. The van der Waals surface area contributed by atoms with Gasteiger partial charge < -0.3 is 16.0 Å². The van der Waals surface area contributed by atoms with Gasteiger partial charge in [-0.1, -0.05) is 13.8 Å². The molecule has 0 aromatic heterocycles. The summed E-state index contributed by atoms with van der Waals surface area (Å²) in [5.41, 5.74) is 0.